The third-order valence-electron chi connectivity index (χ3n) is 8.80. The Morgan fingerprint density at radius 3 is 2.45 bits per heavy atom. The molecule has 1 saturated heterocycles. The van der Waals surface area contributed by atoms with Crippen molar-refractivity contribution in [1.82, 2.24) is 9.80 Å². The molecule has 0 spiro atoms. The van der Waals surface area contributed by atoms with E-state index >= 15 is 0 Å². The predicted molar refractivity (Wildman–Crippen MR) is 181 cm³/mol. The van der Waals surface area contributed by atoms with Gasteiger partial charge in [-0.05, 0) is 104 Å². The van der Waals surface area contributed by atoms with Crippen molar-refractivity contribution in [2.45, 2.75) is 42.9 Å². The molecule has 4 aromatic carbocycles. The Kier molecular flexibility index (Phi) is 10.8. The highest BCUT2D eigenvalue weighted by Crippen LogP contribution is 2.34. The maximum atomic E-state index is 14.0. The molecule has 0 saturated carbocycles. The zero-order valence-corrected chi connectivity index (χ0v) is 27.5. The molecule has 0 bridgehead atoms. The van der Waals surface area contributed by atoms with E-state index in [2.05, 4.69) is 17.0 Å². The number of likely N-dealkylation sites (tertiary alicyclic amines) is 1. The topological polar surface area (TPSA) is 64.4 Å². The second-order valence-electron chi connectivity index (χ2n) is 11.5. The van der Waals surface area contributed by atoms with Crippen molar-refractivity contribution < 1.29 is 9.00 Å². The standard InChI is InChI=1S/C36H37Cl2N3O2S/c1-3-41(36(42)32-21-25(23-39)20-28-8-4-5-9-30(28)32)24-29(27-12-13-33(37)34(38)22-27)16-19-40-17-14-26(15-18-40)31-10-6-7-11-35(31)44(2)43/h4-13,20-22,26,29H,3,14-19,24H2,1-2H3/t29-,44?/m1/s1. The molecule has 228 valence electrons. The number of nitriles is 1. The highest BCUT2D eigenvalue weighted by molar-refractivity contribution is 7.84. The highest BCUT2D eigenvalue weighted by atomic mass is 35.5. The van der Waals surface area contributed by atoms with Gasteiger partial charge in [0, 0.05) is 35.7 Å². The number of hydrogen-bond donors (Lipinski definition) is 0. The summed E-state index contributed by atoms with van der Waals surface area (Å²) in [7, 11) is -1.00. The van der Waals surface area contributed by atoms with Crippen LogP contribution in [0.2, 0.25) is 10.0 Å². The molecular formula is C36H37Cl2N3O2S. The van der Waals surface area contributed by atoms with E-state index in [9.17, 15) is 14.3 Å². The zero-order chi connectivity index (χ0) is 31.2. The van der Waals surface area contributed by atoms with Gasteiger partial charge in [0.25, 0.3) is 5.91 Å². The average molecular weight is 647 g/mol. The molecule has 5 rings (SSSR count). The maximum absolute atomic E-state index is 14.0. The molecular weight excluding hydrogens is 609 g/mol. The highest BCUT2D eigenvalue weighted by Gasteiger charge is 2.26. The van der Waals surface area contributed by atoms with Crippen LogP contribution in [-0.4, -0.2) is 58.9 Å². The molecule has 4 aromatic rings. The lowest BCUT2D eigenvalue weighted by Gasteiger charge is -2.34. The van der Waals surface area contributed by atoms with Crippen molar-refractivity contribution in [3.8, 4) is 6.07 Å². The number of likely N-dealkylation sites (N-methyl/N-ethyl adjacent to an activating group) is 1. The molecule has 0 aliphatic carbocycles. The fourth-order valence-corrected chi connectivity index (χ4v) is 7.50. The van der Waals surface area contributed by atoms with Crippen LogP contribution in [-0.2, 0) is 10.8 Å². The first-order valence-electron chi connectivity index (χ1n) is 15.1. The summed E-state index contributed by atoms with van der Waals surface area (Å²) in [6, 6.07) is 27.3. The van der Waals surface area contributed by atoms with Gasteiger partial charge < -0.3 is 9.80 Å². The van der Waals surface area contributed by atoms with Crippen LogP contribution in [0.5, 0.6) is 0 Å². The van der Waals surface area contributed by atoms with Crippen molar-refractivity contribution in [1.29, 1.82) is 5.26 Å². The van der Waals surface area contributed by atoms with Crippen LogP contribution < -0.4 is 0 Å². The summed E-state index contributed by atoms with van der Waals surface area (Å²) in [6.45, 7) is 5.86. The minimum Gasteiger partial charge on any atom is -0.338 e. The van der Waals surface area contributed by atoms with E-state index in [-0.39, 0.29) is 11.8 Å². The summed E-state index contributed by atoms with van der Waals surface area (Å²) in [5.74, 6) is 0.364. The molecule has 0 radical (unpaired) electrons. The van der Waals surface area contributed by atoms with Crippen LogP contribution >= 0.6 is 23.2 Å². The largest absolute Gasteiger partial charge is 0.338 e. The first kappa shape index (κ1) is 32.2. The molecule has 1 aliphatic heterocycles. The Labute approximate surface area is 272 Å². The van der Waals surface area contributed by atoms with Crippen molar-refractivity contribution in [3.63, 3.8) is 0 Å². The number of carbonyl (C=O) groups is 1. The number of amides is 1. The normalized spacial score (nSPS) is 15.5. The fourth-order valence-electron chi connectivity index (χ4n) is 6.36. The van der Waals surface area contributed by atoms with Gasteiger partial charge in [-0.3, -0.25) is 9.00 Å². The predicted octanol–water partition coefficient (Wildman–Crippen LogP) is 8.27. The second kappa shape index (κ2) is 14.7. The number of fused-ring (bicyclic) bond motifs is 1. The lowest BCUT2D eigenvalue weighted by atomic mass is 9.88. The summed E-state index contributed by atoms with van der Waals surface area (Å²) < 4.78 is 12.3. The first-order valence-corrected chi connectivity index (χ1v) is 17.4. The zero-order valence-electron chi connectivity index (χ0n) is 25.1. The van der Waals surface area contributed by atoms with Gasteiger partial charge in [-0.2, -0.15) is 5.26 Å². The summed E-state index contributed by atoms with van der Waals surface area (Å²) in [6.07, 6.45) is 4.65. The van der Waals surface area contributed by atoms with Crippen molar-refractivity contribution in [2.24, 2.45) is 0 Å². The Hall–Kier alpha value is -3.21. The van der Waals surface area contributed by atoms with Crippen molar-refractivity contribution in [3.05, 3.63) is 111 Å². The summed E-state index contributed by atoms with van der Waals surface area (Å²) in [4.78, 5) is 19.4. The Morgan fingerprint density at radius 1 is 1.02 bits per heavy atom. The number of halogens is 2. The lowest BCUT2D eigenvalue weighted by Crippen LogP contribution is -2.37. The van der Waals surface area contributed by atoms with E-state index < -0.39 is 10.8 Å². The smallest absolute Gasteiger partial charge is 0.254 e. The van der Waals surface area contributed by atoms with Gasteiger partial charge in [0.15, 0.2) is 0 Å². The summed E-state index contributed by atoms with van der Waals surface area (Å²) in [5.41, 5.74) is 3.28. The molecule has 8 heteroatoms. The molecule has 1 aliphatic rings. The molecule has 1 fully saturated rings. The minimum atomic E-state index is -1.00. The molecule has 1 unspecified atom stereocenters. The number of hydrogen-bond acceptors (Lipinski definition) is 4. The average Bonchev–Trinajstić information content (AvgIpc) is 3.05. The Morgan fingerprint density at radius 2 is 1.75 bits per heavy atom. The molecule has 44 heavy (non-hydrogen) atoms. The van der Waals surface area contributed by atoms with Crippen LogP contribution in [0.1, 0.15) is 65.1 Å². The van der Waals surface area contributed by atoms with E-state index in [0.717, 1.165) is 60.1 Å². The number of carbonyl (C=O) groups excluding carboxylic acids is 1. The maximum Gasteiger partial charge on any atom is 0.254 e. The van der Waals surface area contributed by atoms with Gasteiger partial charge in [-0.15, -0.1) is 0 Å². The monoisotopic (exact) mass is 645 g/mol. The van der Waals surface area contributed by atoms with Crippen molar-refractivity contribution in [2.75, 3.05) is 39.0 Å². The van der Waals surface area contributed by atoms with Crippen molar-refractivity contribution >= 4 is 50.7 Å². The first-order chi connectivity index (χ1) is 21.3. The van der Waals surface area contributed by atoms with Gasteiger partial charge in [-0.1, -0.05) is 71.7 Å². The molecule has 1 amide bonds. The number of benzene rings is 4. The summed E-state index contributed by atoms with van der Waals surface area (Å²) in [5, 5.41) is 12.4. The second-order valence-corrected chi connectivity index (χ2v) is 13.6. The van der Waals surface area contributed by atoms with Gasteiger partial charge in [0.2, 0.25) is 0 Å². The van der Waals surface area contributed by atoms with Crippen LogP contribution in [0.4, 0.5) is 0 Å². The Balaban J connectivity index is 1.33. The minimum absolute atomic E-state index is 0.0417. The third kappa shape index (κ3) is 7.35. The van der Waals surface area contributed by atoms with E-state index in [0.29, 0.717) is 40.2 Å². The fraction of sp³-hybridized carbons (Fsp3) is 0.333. The number of nitrogens with zero attached hydrogens (tertiary/aromatic N) is 3. The molecule has 5 nitrogen and oxygen atoms in total. The van der Waals surface area contributed by atoms with E-state index in [4.69, 9.17) is 23.2 Å². The summed E-state index contributed by atoms with van der Waals surface area (Å²) >= 11 is 12.7. The quantitative estimate of drug-likeness (QED) is 0.174. The van der Waals surface area contributed by atoms with Gasteiger partial charge in [0.05, 0.1) is 32.5 Å². The number of rotatable bonds is 10. The van der Waals surface area contributed by atoms with Crippen LogP contribution in [0.15, 0.2) is 83.8 Å². The van der Waals surface area contributed by atoms with E-state index in [1.807, 2.05) is 78.6 Å². The van der Waals surface area contributed by atoms with Crippen LogP contribution in [0, 0.1) is 11.3 Å². The van der Waals surface area contributed by atoms with E-state index in [1.165, 1.54) is 5.56 Å². The van der Waals surface area contributed by atoms with Gasteiger partial charge in [-0.25, -0.2) is 0 Å². The number of piperidine rings is 1. The molecule has 0 aromatic heterocycles. The third-order valence-corrected chi connectivity index (χ3v) is 10.5. The van der Waals surface area contributed by atoms with Gasteiger partial charge in [0.1, 0.15) is 0 Å². The SMILES string of the molecule is CCN(C[C@@H](CCN1CCC(c2ccccc2S(C)=O)CC1)c1ccc(Cl)c(Cl)c1)C(=O)c1cc(C#N)cc2ccccc12. The molecule has 1 heterocycles. The van der Waals surface area contributed by atoms with Gasteiger partial charge >= 0.3 is 0 Å². The lowest BCUT2D eigenvalue weighted by molar-refractivity contribution is 0.0751. The van der Waals surface area contributed by atoms with Crippen LogP contribution in [0.25, 0.3) is 10.8 Å². The Bertz CT molecular complexity index is 1710. The molecule has 0 N–H and O–H groups in total. The molecule has 2 atom stereocenters. The van der Waals surface area contributed by atoms with Crippen LogP contribution in [0.3, 0.4) is 0 Å². The van der Waals surface area contributed by atoms with E-state index in [1.54, 1.807) is 12.3 Å².